The highest BCUT2D eigenvalue weighted by atomic mass is 15.1. The minimum absolute atomic E-state index is 0.703. The van der Waals surface area contributed by atoms with Crippen LogP contribution in [0.4, 0.5) is 11.5 Å². The van der Waals surface area contributed by atoms with Crippen LogP contribution in [0.3, 0.4) is 0 Å². The van der Waals surface area contributed by atoms with Crippen LogP contribution in [0.2, 0.25) is 0 Å². The largest absolute Gasteiger partial charge is 0.398 e. The van der Waals surface area contributed by atoms with Crippen molar-refractivity contribution in [2.75, 3.05) is 24.7 Å². The summed E-state index contributed by atoms with van der Waals surface area (Å²) in [6.07, 6.45) is 0. The van der Waals surface area contributed by atoms with Crippen molar-refractivity contribution >= 4 is 22.7 Å². The lowest BCUT2D eigenvalue weighted by molar-refractivity contribution is 1.08. The predicted octanol–water partition coefficient (Wildman–Crippen LogP) is 2.89. The third kappa shape index (κ3) is 2.31. The normalized spacial score (nSPS) is 11.0. The summed E-state index contributed by atoms with van der Waals surface area (Å²) in [7, 11) is 3.92. The molecule has 5 nitrogen and oxygen atoms in total. The smallest absolute Gasteiger partial charge is 0.180 e. The molecule has 0 bridgehead atoms. The Labute approximate surface area is 123 Å². The van der Waals surface area contributed by atoms with Gasteiger partial charge in [-0.25, -0.2) is 9.97 Å². The second-order valence-electron chi connectivity index (χ2n) is 5.56. The number of aromatic amines is 1. The van der Waals surface area contributed by atoms with Crippen molar-refractivity contribution in [2.45, 2.75) is 13.8 Å². The molecule has 0 unspecified atom stereocenters. The van der Waals surface area contributed by atoms with E-state index in [2.05, 4.69) is 27.9 Å². The van der Waals surface area contributed by atoms with Crippen molar-refractivity contribution < 1.29 is 0 Å². The van der Waals surface area contributed by atoms with Crippen molar-refractivity contribution in [2.24, 2.45) is 0 Å². The van der Waals surface area contributed by atoms with Gasteiger partial charge in [-0.05, 0) is 43.2 Å². The molecule has 21 heavy (non-hydrogen) atoms. The average molecular weight is 281 g/mol. The first-order valence-corrected chi connectivity index (χ1v) is 6.87. The molecule has 3 aromatic rings. The lowest BCUT2D eigenvalue weighted by atomic mass is 10.0. The van der Waals surface area contributed by atoms with Crippen LogP contribution in [0.1, 0.15) is 11.1 Å². The van der Waals surface area contributed by atoms with Crippen molar-refractivity contribution in [3.8, 4) is 11.4 Å². The number of nitrogens with one attached hydrogen (secondary N) is 1. The van der Waals surface area contributed by atoms with E-state index in [0.717, 1.165) is 34.0 Å². The fraction of sp³-hybridized carbons (Fsp3) is 0.250. The SMILES string of the molecule is Cc1cc(C)c(N)c(-c2nc3nc(N(C)C)ccc3[nH]2)c1. The number of nitrogens with zero attached hydrogens (tertiary/aromatic N) is 3. The Hall–Kier alpha value is -2.56. The van der Waals surface area contributed by atoms with Gasteiger partial charge in [-0.2, -0.15) is 0 Å². The molecule has 0 saturated heterocycles. The number of benzene rings is 1. The number of H-pyrrole nitrogens is 1. The Balaban J connectivity index is 2.17. The standard InChI is InChI=1S/C16H19N5/c1-9-7-10(2)14(17)11(8-9)15-18-12-5-6-13(21(3)4)19-16(12)20-15/h5-8H,17H2,1-4H3,(H,18,19,20). The van der Waals surface area contributed by atoms with E-state index >= 15 is 0 Å². The highest BCUT2D eigenvalue weighted by molar-refractivity contribution is 5.82. The number of nitrogens with two attached hydrogens (primary N) is 1. The second kappa shape index (κ2) is 4.77. The number of imidazole rings is 1. The zero-order chi connectivity index (χ0) is 15.1. The second-order valence-corrected chi connectivity index (χ2v) is 5.56. The number of aryl methyl sites for hydroxylation is 2. The molecular formula is C16H19N5. The van der Waals surface area contributed by atoms with Crippen LogP contribution in [0.15, 0.2) is 24.3 Å². The van der Waals surface area contributed by atoms with Crippen molar-refractivity contribution in [3.63, 3.8) is 0 Å². The van der Waals surface area contributed by atoms with Crippen LogP contribution in [0.25, 0.3) is 22.6 Å². The Morgan fingerprint density at radius 1 is 1.10 bits per heavy atom. The average Bonchev–Trinajstić information content (AvgIpc) is 2.85. The van der Waals surface area contributed by atoms with E-state index < -0.39 is 0 Å². The van der Waals surface area contributed by atoms with Crippen LogP contribution in [-0.2, 0) is 0 Å². The molecule has 0 aliphatic heterocycles. The first-order chi connectivity index (χ1) is 9.95. The third-order valence-electron chi connectivity index (χ3n) is 3.58. The lowest BCUT2D eigenvalue weighted by Crippen LogP contribution is -2.10. The summed E-state index contributed by atoms with van der Waals surface area (Å²) >= 11 is 0. The van der Waals surface area contributed by atoms with E-state index in [4.69, 9.17) is 5.73 Å². The Kier molecular flexibility index (Phi) is 3.05. The maximum Gasteiger partial charge on any atom is 0.180 e. The van der Waals surface area contributed by atoms with Crippen LogP contribution in [0.5, 0.6) is 0 Å². The van der Waals surface area contributed by atoms with Crippen molar-refractivity contribution in [3.05, 3.63) is 35.4 Å². The van der Waals surface area contributed by atoms with Crippen LogP contribution >= 0.6 is 0 Å². The number of aromatic nitrogens is 3. The number of hydrogen-bond acceptors (Lipinski definition) is 4. The summed E-state index contributed by atoms with van der Waals surface area (Å²) in [6, 6.07) is 8.08. The van der Waals surface area contributed by atoms with Gasteiger partial charge in [-0.15, -0.1) is 0 Å². The van der Waals surface area contributed by atoms with Gasteiger partial charge in [0.25, 0.3) is 0 Å². The van der Waals surface area contributed by atoms with Gasteiger partial charge < -0.3 is 15.6 Å². The molecule has 1 aromatic carbocycles. The molecule has 0 aliphatic carbocycles. The van der Waals surface area contributed by atoms with E-state index in [9.17, 15) is 0 Å². The summed E-state index contributed by atoms with van der Waals surface area (Å²) in [5, 5.41) is 0. The summed E-state index contributed by atoms with van der Waals surface area (Å²) in [5.74, 6) is 1.65. The number of nitrogen functional groups attached to an aromatic ring is 1. The monoisotopic (exact) mass is 281 g/mol. The minimum Gasteiger partial charge on any atom is -0.398 e. The van der Waals surface area contributed by atoms with Crippen LogP contribution in [-0.4, -0.2) is 29.0 Å². The zero-order valence-corrected chi connectivity index (χ0v) is 12.7. The highest BCUT2D eigenvalue weighted by Gasteiger charge is 2.12. The van der Waals surface area contributed by atoms with Gasteiger partial charge in [0.2, 0.25) is 0 Å². The van der Waals surface area contributed by atoms with Gasteiger partial charge in [0.05, 0.1) is 5.52 Å². The van der Waals surface area contributed by atoms with Gasteiger partial charge in [-0.1, -0.05) is 6.07 Å². The van der Waals surface area contributed by atoms with Crippen LogP contribution < -0.4 is 10.6 Å². The van der Waals surface area contributed by atoms with Gasteiger partial charge in [0.15, 0.2) is 5.65 Å². The van der Waals surface area contributed by atoms with Gasteiger partial charge >= 0.3 is 0 Å². The van der Waals surface area contributed by atoms with E-state index in [1.807, 2.05) is 44.1 Å². The molecule has 0 saturated carbocycles. The van der Waals surface area contributed by atoms with Crippen LogP contribution in [0, 0.1) is 13.8 Å². The maximum atomic E-state index is 6.19. The first-order valence-electron chi connectivity index (χ1n) is 6.87. The highest BCUT2D eigenvalue weighted by Crippen LogP contribution is 2.29. The maximum absolute atomic E-state index is 6.19. The molecule has 2 aromatic heterocycles. The fourth-order valence-electron chi connectivity index (χ4n) is 2.43. The molecule has 108 valence electrons. The summed E-state index contributed by atoms with van der Waals surface area (Å²) in [6.45, 7) is 4.07. The molecule has 0 fully saturated rings. The Morgan fingerprint density at radius 3 is 2.57 bits per heavy atom. The molecule has 2 heterocycles. The van der Waals surface area contributed by atoms with Crippen molar-refractivity contribution in [1.82, 2.24) is 15.0 Å². The first kappa shape index (κ1) is 13.4. The fourth-order valence-corrected chi connectivity index (χ4v) is 2.43. The van der Waals surface area contributed by atoms with Crippen molar-refractivity contribution in [1.29, 1.82) is 0 Å². The number of fused-ring (bicyclic) bond motifs is 1. The van der Waals surface area contributed by atoms with E-state index in [-0.39, 0.29) is 0 Å². The molecule has 0 atom stereocenters. The third-order valence-corrected chi connectivity index (χ3v) is 3.58. The quantitative estimate of drug-likeness (QED) is 0.709. The topological polar surface area (TPSA) is 70.8 Å². The van der Waals surface area contributed by atoms with E-state index in [1.165, 1.54) is 5.56 Å². The summed E-state index contributed by atoms with van der Waals surface area (Å²) in [4.78, 5) is 14.4. The molecule has 3 rings (SSSR count). The molecule has 0 radical (unpaired) electrons. The number of rotatable bonds is 2. The molecule has 0 amide bonds. The number of hydrogen-bond donors (Lipinski definition) is 2. The predicted molar refractivity (Wildman–Crippen MR) is 87.5 cm³/mol. The van der Waals surface area contributed by atoms with Gasteiger partial charge in [-0.3, -0.25) is 0 Å². The number of pyridine rings is 1. The Bertz CT molecular complexity index is 817. The molecule has 0 aliphatic rings. The Morgan fingerprint density at radius 2 is 1.86 bits per heavy atom. The summed E-state index contributed by atoms with van der Waals surface area (Å²) < 4.78 is 0. The van der Waals surface area contributed by atoms with Gasteiger partial charge in [0.1, 0.15) is 11.6 Å². The molecule has 3 N–H and O–H groups in total. The summed E-state index contributed by atoms with van der Waals surface area (Å²) in [5.41, 5.74) is 11.7. The molecule has 0 spiro atoms. The van der Waals surface area contributed by atoms with E-state index in [0.29, 0.717) is 5.65 Å². The van der Waals surface area contributed by atoms with E-state index in [1.54, 1.807) is 0 Å². The van der Waals surface area contributed by atoms with Gasteiger partial charge in [0, 0.05) is 25.3 Å². The minimum atomic E-state index is 0.703. The molecular weight excluding hydrogens is 262 g/mol. The zero-order valence-electron chi connectivity index (χ0n) is 12.7. The lowest BCUT2D eigenvalue weighted by Gasteiger charge is -2.09. The number of anilines is 2. The molecule has 5 heteroatoms.